The molecule has 138 valence electrons. The summed E-state index contributed by atoms with van der Waals surface area (Å²) in [5.74, 6) is 0.812. The summed E-state index contributed by atoms with van der Waals surface area (Å²) < 4.78 is 37.7. The van der Waals surface area contributed by atoms with Crippen LogP contribution in [0.2, 0.25) is 0 Å². The minimum atomic E-state index is -4.40. The minimum absolute atomic E-state index is 0.249. The lowest BCUT2D eigenvalue weighted by Gasteiger charge is -2.30. The van der Waals surface area contributed by atoms with E-state index >= 15 is 0 Å². The molecule has 26 heavy (non-hydrogen) atoms. The lowest BCUT2D eigenvalue weighted by Crippen LogP contribution is -2.34. The maximum absolute atomic E-state index is 12.6. The van der Waals surface area contributed by atoms with Crippen LogP contribution in [0.15, 0.2) is 36.7 Å². The van der Waals surface area contributed by atoms with E-state index in [1.807, 2.05) is 0 Å². The van der Waals surface area contributed by atoms with E-state index in [-0.39, 0.29) is 11.3 Å². The molecule has 0 spiro atoms. The van der Waals surface area contributed by atoms with Crippen molar-refractivity contribution in [1.82, 2.24) is 9.97 Å². The molecule has 3 rings (SSSR count). The number of nitrogens with zero attached hydrogens (tertiary/aromatic N) is 3. The Morgan fingerprint density at radius 2 is 1.69 bits per heavy atom. The first kappa shape index (κ1) is 18.2. The molecule has 1 amide bonds. The van der Waals surface area contributed by atoms with Crippen LogP contribution in [0, 0.1) is 5.92 Å². The van der Waals surface area contributed by atoms with E-state index in [4.69, 9.17) is 0 Å². The van der Waals surface area contributed by atoms with Gasteiger partial charge in [-0.15, -0.1) is 0 Å². The number of rotatable bonds is 3. The van der Waals surface area contributed by atoms with E-state index in [1.54, 1.807) is 0 Å². The third-order valence-electron chi connectivity index (χ3n) is 4.44. The van der Waals surface area contributed by atoms with Crippen LogP contribution in [0.3, 0.4) is 0 Å². The highest BCUT2D eigenvalue weighted by Crippen LogP contribution is 2.29. The number of carbonyl (C=O) groups excluding carboxylic acids is 1. The molecule has 1 aliphatic heterocycles. The first-order valence-corrected chi connectivity index (χ1v) is 8.38. The number of hydrogen-bond acceptors (Lipinski definition) is 4. The Kier molecular flexibility index (Phi) is 5.11. The molecule has 0 saturated carbocycles. The number of aromatic nitrogens is 2. The average Bonchev–Trinajstić information content (AvgIpc) is 2.62. The van der Waals surface area contributed by atoms with Crippen LogP contribution in [0.5, 0.6) is 0 Å². The summed E-state index contributed by atoms with van der Waals surface area (Å²) in [6.07, 6.45) is 0.622. The van der Waals surface area contributed by atoms with Crippen molar-refractivity contribution >= 4 is 17.5 Å². The number of amides is 1. The Morgan fingerprint density at radius 1 is 1.12 bits per heavy atom. The van der Waals surface area contributed by atoms with Gasteiger partial charge in [-0.2, -0.15) is 13.2 Å². The zero-order chi connectivity index (χ0) is 18.7. The van der Waals surface area contributed by atoms with Crippen LogP contribution in [-0.4, -0.2) is 29.0 Å². The second kappa shape index (κ2) is 7.31. The molecule has 2 heterocycles. The molecule has 0 radical (unpaired) electrons. The van der Waals surface area contributed by atoms with Gasteiger partial charge in [0.25, 0.3) is 5.91 Å². The van der Waals surface area contributed by atoms with E-state index in [0.717, 1.165) is 38.1 Å². The van der Waals surface area contributed by atoms with Gasteiger partial charge in [-0.05, 0) is 43.0 Å². The first-order chi connectivity index (χ1) is 12.3. The number of halogens is 3. The number of carbonyl (C=O) groups is 1. The molecule has 8 heteroatoms. The van der Waals surface area contributed by atoms with Crippen LogP contribution in [0.4, 0.5) is 24.8 Å². The number of alkyl halides is 3. The van der Waals surface area contributed by atoms with Crippen molar-refractivity contribution in [2.24, 2.45) is 5.92 Å². The number of hydrogen-bond donors (Lipinski definition) is 1. The normalized spacial score (nSPS) is 15.8. The molecule has 1 aromatic heterocycles. The highest BCUT2D eigenvalue weighted by Gasteiger charge is 2.30. The fraction of sp³-hybridized carbons (Fsp3) is 0.389. The number of benzene rings is 1. The highest BCUT2D eigenvalue weighted by atomic mass is 19.4. The molecule has 2 aromatic rings. The Labute approximate surface area is 149 Å². The average molecular weight is 364 g/mol. The molecular weight excluding hydrogens is 345 g/mol. The smallest absolute Gasteiger partial charge is 0.341 e. The fourth-order valence-corrected chi connectivity index (χ4v) is 2.76. The monoisotopic (exact) mass is 364 g/mol. The number of piperidine rings is 1. The van der Waals surface area contributed by atoms with E-state index in [9.17, 15) is 18.0 Å². The summed E-state index contributed by atoms with van der Waals surface area (Å²) in [6, 6.07) is 4.27. The predicted molar refractivity (Wildman–Crippen MR) is 92.0 cm³/mol. The van der Waals surface area contributed by atoms with E-state index < -0.39 is 17.6 Å². The lowest BCUT2D eigenvalue weighted by atomic mass is 10.00. The van der Waals surface area contributed by atoms with Gasteiger partial charge in [0.2, 0.25) is 5.95 Å². The van der Waals surface area contributed by atoms with E-state index in [2.05, 4.69) is 27.1 Å². The Morgan fingerprint density at radius 3 is 2.23 bits per heavy atom. The van der Waals surface area contributed by atoms with Crippen LogP contribution in [0.1, 0.15) is 35.7 Å². The van der Waals surface area contributed by atoms with Crippen molar-refractivity contribution in [1.29, 1.82) is 0 Å². The van der Waals surface area contributed by atoms with E-state index in [1.165, 1.54) is 24.5 Å². The van der Waals surface area contributed by atoms with Crippen LogP contribution < -0.4 is 10.2 Å². The van der Waals surface area contributed by atoms with Gasteiger partial charge in [0.05, 0.1) is 11.1 Å². The van der Waals surface area contributed by atoms with Gasteiger partial charge in [0.15, 0.2) is 0 Å². The molecule has 1 aromatic carbocycles. The Bertz CT molecular complexity index is 752. The number of anilines is 2. The maximum atomic E-state index is 12.6. The highest BCUT2D eigenvalue weighted by molar-refractivity contribution is 6.03. The molecule has 1 fully saturated rings. The van der Waals surface area contributed by atoms with Gasteiger partial charge in [-0.25, -0.2) is 9.97 Å². The molecule has 0 bridgehead atoms. The third kappa shape index (κ3) is 4.30. The van der Waals surface area contributed by atoms with Crippen molar-refractivity contribution in [2.45, 2.75) is 25.9 Å². The minimum Gasteiger partial charge on any atom is -0.341 e. The quantitative estimate of drug-likeness (QED) is 0.895. The molecule has 0 atom stereocenters. The second-order valence-corrected chi connectivity index (χ2v) is 6.47. The van der Waals surface area contributed by atoms with Gasteiger partial charge < -0.3 is 10.2 Å². The van der Waals surface area contributed by atoms with Gasteiger partial charge >= 0.3 is 6.18 Å². The van der Waals surface area contributed by atoms with Crippen LogP contribution >= 0.6 is 0 Å². The van der Waals surface area contributed by atoms with Gasteiger partial charge in [0, 0.05) is 31.2 Å². The zero-order valence-electron chi connectivity index (χ0n) is 14.3. The Balaban J connectivity index is 1.63. The molecule has 1 saturated heterocycles. The largest absolute Gasteiger partial charge is 0.416 e. The summed E-state index contributed by atoms with van der Waals surface area (Å²) in [6.45, 7) is 3.99. The summed E-state index contributed by atoms with van der Waals surface area (Å²) in [5.41, 5.74) is -0.241. The van der Waals surface area contributed by atoms with Crippen molar-refractivity contribution in [2.75, 3.05) is 23.3 Å². The van der Waals surface area contributed by atoms with Gasteiger partial charge in [0.1, 0.15) is 0 Å². The SMILES string of the molecule is CC1CCN(c2ncc(C(=O)Nc3ccc(C(F)(F)F)cc3)cn2)CC1. The molecule has 1 aliphatic rings. The summed E-state index contributed by atoms with van der Waals surface area (Å²) >= 11 is 0. The molecule has 1 N–H and O–H groups in total. The maximum Gasteiger partial charge on any atom is 0.416 e. The van der Waals surface area contributed by atoms with Crippen molar-refractivity contribution < 1.29 is 18.0 Å². The Hall–Kier alpha value is -2.64. The van der Waals surface area contributed by atoms with Crippen molar-refractivity contribution in [3.63, 3.8) is 0 Å². The standard InChI is InChI=1S/C18H19F3N4O/c1-12-6-8-25(9-7-12)17-22-10-13(11-23-17)16(26)24-15-4-2-14(3-5-15)18(19,20)21/h2-5,10-12H,6-9H2,1H3,(H,24,26). The van der Waals surface area contributed by atoms with Gasteiger partial charge in [-0.1, -0.05) is 6.92 Å². The number of nitrogens with one attached hydrogen (secondary N) is 1. The summed E-state index contributed by atoms with van der Waals surface area (Å²) in [7, 11) is 0. The van der Waals surface area contributed by atoms with Crippen molar-refractivity contribution in [3.8, 4) is 0 Å². The topological polar surface area (TPSA) is 58.1 Å². The molecule has 0 unspecified atom stereocenters. The molecular formula is C18H19F3N4O. The van der Waals surface area contributed by atoms with Crippen molar-refractivity contribution in [3.05, 3.63) is 47.8 Å². The fourth-order valence-electron chi connectivity index (χ4n) is 2.76. The second-order valence-electron chi connectivity index (χ2n) is 6.47. The molecule has 5 nitrogen and oxygen atoms in total. The zero-order valence-corrected chi connectivity index (χ0v) is 14.3. The van der Waals surface area contributed by atoms with Gasteiger partial charge in [-0.3, -0.25) is 4.79 Å². The van der Waals surface area contributed by atoms with Crippen LogP contribution in [0.25, 0.3) is 0 Å². The summed E-state index contributed by atoms with van der Waals surface area (Å²) in [5, 5.41) is 2.54. The first-order valence-electron chi connectivity index (χ1n) is 8.38. The van der Waals surface area contributed by atoms with Crippen LogP contribution in [-0.2, 0) is 6.18 Å². The lowest BCUT2D eigenvalue weighted by molar-refractivity contribution is -0.137. The predicted octanol–water partition coefficient (Wildman–Crippen LogP) is 3.98. The van der Waals surface area contributed by atoms with E-state index in [0.29, 0.717) is 11.9 Å². The summed E-state index contributed by atoms with van der Waals surface area (Å²) in [4.78, 5) is 22.8. The molecule has 0 aliphatic carbocycles. The third-order valence-corrected chi connectivity index (χ3v) is 4.44.